The Hall–Kier alpha value is -1.63. The minimum absolute atomic E-state index is 0.666. The van der Waals surface area contributed by atoms with Crippen LogP contribution in [0.3, 0.4) is 0 Å². The van der Waals surface area contributed by atoms with Crippen molar-refractivity contribution >= 4 is 0 Å². The van der Waals surface area contributed by atoms with E-state index >= 15 is 0 Å². The number of hydrogen-bond acceptors (Lipinski definition) is 0. The summed E-state index contributed by atoms with van der Waals surface area (Å²) in [4.78, 5) is 0. The maximum absolute atomic E-state index is 2.40. The molecule has 2 aromatic rings. The molecule has 0 saturated heterocycles. The molecule has 20 heavy (non-hydrogen) atoms. The van der Waals surface area contributed by atoms with Crippen LogP contribution in [0.4, 0.5) is 0 Å². The highest BCUT2D eigenvalue weighted by molar-refractivity contribution is 5.61. The number of rotatable bonds is 4. The molecular formula is C19H26N+. The quantitative estimate of drug-likeness (QED) is 0.708. The lowest BCUT2D eigenvalue weighted by Gasteiger charge is -2.16. The molecule has 1 aromatic carbocycles. The molecule has 1 aromatic heterocycles. The first kappa shape index (κ1) is 14.8. The minimum Gasteiger partial charge on any atom is -0.201 e. The molecule has 0 amide bonds. The Balaban J connectivity index is 2.60. The van der Waals surface area contributed by atoms with Crippen LogP contribution >= 0.6 is 0 Å². The van der Waals surface area contributed by atoms with Gasteiger partial charge in [0.25, 0.3) is 0 Å². The van der Waals surface area contributed by atoms with Crippen LogP contribution < -0.4 is 4.57 Å². The normalized spacial score (nSPS) is 11.1. The summed E-state index contributed by atoms with van der Waals surface area (Å²) in [5.41, 5.74) is 6.89. The Morgan fingerprint density at radius 1 is 1.00 bits per heavy atom. The van der Waals surface area contributed by atoms with Gasteiger partial charge in [0.15, 0.2) is 6.20 Å². The average Bonchev–Trinajstić information content (AvgIpc) is 2.43. The number of hydrogen-bond donors (Lipinski definition) is 0. The van der Waals surface area contributed by atoms with Gasteiger partial charge >= 0.3 is 0 Å². The first-order chi connectivity index (χ1) is 9.58. The minimum atomic E-state index is 0.666. The Labute approximate surface area is 123 Å². The third kappa shape index (κ3) is 2.77. The molecule has 0 atom stereocenters. The van der Waals surface area contributed by atoms with Crippen LogP contribution in [-0.2, 0) is 7.05 Å². The Kier molecular flexibility index (Phi) is 4.59. The summed E-state index contributed by atoms with van der Waals surface area (Å²) in [5.74, 6) is 0.666. The van der Waals surface area contributed by atoms with E-state index in [0.717, 1.165) is 0 Å². The molecule has 1 nitrogen and oxygen atoms in total. The van der Waals surface area contributed by atoms with Crippen molar-refractivity contribution in [2.45, 2.75) is 46.5 Å². The number of aryl methyl sites for hydroxylation is 3. The number of benzene rings is 1. The molecule has 0 unspecified atom stereocenters. The first-order valence-electron chi connectivity index (χ1n) is 7.64. The summed E-state index contributed by atoms with van der Waals surface area (Å²) < 4.78 is 2.25. The predicted octanol–water partition coefficient (Wildman–Crippen LogP) is 4.70. The van der Waals surface area contributed by atoms with E-state index in [9.17, 15) is 0 Å². The maximum Gasteiger partial charge on any atom is 0.212 e. The lowest BCUT2D eigenvalue weighted by Crippen LogP contribution is -2.32. The highest BCUT2D eigenvalue weighted by Gasteiger charge is 2.18. The number of pyridine rings is 1. The molecule has 2 rings (SSSR count). The fraction of sp³-hybridized carbons (Fsp3) is 0.421. The van der Waals surface area contributed by atoms with E-state index in [-0.39, 0.29) is 0 Å². The Morgan fingerprint density at radius 3 is 2.25 bits per heavy atom. The van der Waals surface area contributed by atoms with Crippen molar-refractivity contribution < 1.29 is 4.57 Å². The molecule has 1 heteroatoms. The predicted molar refractivity (Wildman–Crippen MR) is 85.9 cm³/mol. The van der Waals surface area contributed by atoms with E-state index in [4.69, 9.17) is 0 Å². The lowest BCUT2D eigenvalue weighted by atomic mass is 9.90. The molecule has 0 radical (unpaired) electrons. The van der Waals surface area contributed by atoms with E-state index < -0.39 is 0 Å². The fourth-order valence-electron chi connectivity index (χ4n) is 3.09. The zero-order valence-corrected chi connectivity index (χ0v) is 13.4. The monoisotopic (exact) mass is 268 g/mol. The van der Waals surface area contributed by atoms with Gasteiger partial charge in [0.2, 0.25) is 5.69 Å². The zero-order valence-electron chi connectivity index (χ0n) is 13.4. The van der Waals surface area contributed by atoms with E-state index in [2.05, 4.69) is 75.8 Å². The van der Waals surface area contributed by atoms with Crippen LogP contribution in [0.25, 0.3) is 11.3 Å². The molecule has 0 aliphatic heterocycles. The fourth-order valence-corrected chi connectivity index (χ4v) is 3.09. The van der Waals surface area contributed by atoms with Crippen LogP contribution in [0.1, 0.15) is 49.3 Å². The van der Waals surface area contributed by atoms with Crippen LogP contribution in [0.5, 0.6) is 0 Å². The van der Waals surface area contributed by atoms with Crippen molar-refractivity contribution in [3.05, 3.63) is 53.2 Å². The van der Waals surface area contributed by atoms with Gasteiger partial charge in [-0.25, -0.2) is 4.57 Å². The van der Waals surface area contributed by atoms with Crippen molar-refractivity contribution in [3.63, 3.8) is 0 Å². The summed E-state index contributed by atoms with van der Waals surface area (Å²) in [7, 11) is 2.14. The van der Waals surface area contributed by atoms with Crippen molar-refractivity contribution in [2.75, 3.05) is 0 Å². The van der Waals surface area contributed by atoms with Crippen LogP contribution in [0.2, 0.25) is 0 Å². The molecule has 0 fully saturated rings. The summed E-state index contributed by atoms with van der Waals surface area (Å²) in [6, 6.07) is 11.0. The number of nitrogens with zero attached hydrogens (tertiary/aromatic N) is 1. The standard InChI is InChI=1S/C19H26N/c1-6-16(7-2)18-12-19(20(5)13-15(18)4)17-11-9-8-10-14(17)3/h8-13,16H,6-7H2,1-5H3/q+1. The summed E-state index contributed by atoms with van der Waals surface area (Å²) >= 11 is 0. The second-order valence-electron chi connectivity index (χ2n) is 5.74. The molecule has 0 bridgehead atoms. The van der Waals surface area contributed by atoms with Crippen molar-refractivity contribution in [3.8, 4) is 11.3 Å². The second-order valence-corrected chi connectivity index (χ2v) is 5.74. The maximum atomic E-state index is 2.40. The van der Waals surface area contributed by atoms with Gasteiger partial charge in [0.05, 0.1) is 0 Å². The molecule has 1 heterocycles. The molecule has 106 valence electrons. The smallest absolute Gasteiger partial charge is 0.201 e. The highest BCUT2D eigenvalue weighted by atomic mass is 14.9. The SMILES string of the molecule is CCC(CC)c1cc(-c2ccccc2C)[n+](C)cc1C. The number of aromatic nitrogens is 1. The summed E-state index contributed by atoms with van der Waals surface area (Å²) in [6.45, 7) is 8.99. The summed E-state index contributed by atoms with van der Waals surface area (Å²) in [6.07, 6.45) is 4.69. The van der Waals surface area contributed by atoms with E-state index in [1.54, 1.807) is 0 Å². The third-order valence-electron chi connectivity index (χ3n) is 4.36. The molecule has 0 spiro atoms. The van der Waals surface area contributed by atoms with Crippen molar-refractivity contribution in [1.82, 2.24) is 0 Å². The Morgan fingerprint density at radius 2 is 1.65 bits per heavy atom. The van der Waals surface area contributed by atoms with Gasteiger partial charge in [0, 0.05) is 17.2 Å². The lowest BCUT2D eigenvalue weighted by molar-refractivity contribution is -0.660. The molecule has 0 saturated carbocycles. The molecule has 0 aliphatic carbocycles. The van der Waals surface area contributed by atoms with Gasteiger partial charge in [-0.3, -0.25) is 0 Å². The van der Waals surface area contributed by atoms with Gasteiger partial charge in [-0.15, -0.1) is 0 Å². The Bertz CT molecular complexity index is 595. The molecule has 0 N–H and O–H groups in total. The molecule has 0 aliphatic rings. The van der Waals surface area contributed by atoms with E-state index in [1.807, 2.05) is 0 Å². The second kappa shape index (κ2) is 6.21. The first-order valence-corrected chi connectivity index (χ1v) is 7.64. The van der Waals surface area contributed by atoms with Crippen LogP contribution in [0, 0.1) is 13.8 Å². The van der Waals surface area contributed by atoms with Crippen molar-refractivity contribution in [1.29, 1.82) is 0 Å². The van der Waals surface area contributed by atoms with Gasteiger partial charge in [0.1, 0.15) is 7.05 Å². The zero-order chi connectivity index (χ0) is 14.7. The van der Waals surface area contributed by atoms with Gasteiger partial charge in [-0.05, 0) is 49.8 Å². The van der Waals surface area contributed by atoms with Gasteiger partial charge in [-0.1, -0.05) is 32.0 Å². The third-order valence-corrected chi connectivity index (χ3v) is 4.36. The highest BCUT2D eigenvalue weighted by Crippen LogP contribution is 2.29. The van der Waals surface area contributed by atoms with Gasteiger partial charge in [-0.2, -0.15) is 0 Å². The largest absolute Gasteiger partial charge is 0.212 e. The van der Waals surface area contributed by atoms with Crippen molar-refractivity contribution in [2.24, 2.45) is 7.05 Å². The summed E-state index contributed by atoms with van der Waals surface area (Å²) in [5, 5.41) is 0. The van der Waals surface area contributed by atoms with E-state index in [1.165, 1.54) is 40.8 Å². The van der Waals surface area contributed by atoms with E-state index in [0.29, 0.717) is 5.92 Å². The van der Waals surface area contributed by atoms with Crippen LogP contribution in [-0.4, -0.2) is 0 Å². The average molecular weight is 268 g/mol. The van der Waals surface area contributed by atoms with Gasteiger partial charge < -0.3 is 0 Å². The van der Waals surface area contributed by atoms with Crippen LogP contribution in [0.15, 0.2) is 36.5 Å². The topological polar surface area (TPSA) is 3.88 Å². The molecular weight excluding hydrogens is 242 g/mol.